The first-order chi connectivity index (χ1) is 12.0. The summed E-state index contributed by atoms with van der Waals surface area (Å²) in [6.07, 6.45) is 3.31. The molecule has 3 atom stereocenters. The van der Waals surface area contributed by atoms with Gasteiger partial charge in [0, 0.05) is 18.7 Å². The SMILES string of the molecule is CON(C)S(=O)(=O)c1cccc(C(=O)NC2CC3CCC2(C)C3(C)C)c1. The summed E-state index contributed by atoms with van der Waals surface area (Å²) in [6.45, 7) is 6.86. The molecular weight excluding hydrogens is 352 g/mol. The quantitative estimate of drug-likeness (QED) is 0.797. The van der Waals surface area contributed by atoms with E-state index in [1.165, 1.54) is 32.7 Å². The number of benzene rings is 1. The third-order valence-electron chi connectivity index (χ3n) is 7.09. The van der Waals surface area contributed by atoms with Crippen molar-refractivity contribution in [3.8, 4) is 0 Å². The zero-order chi connectivity index (χ0) is 19.3. The molecule has 0 spiro atoms. The van der Waals surface area contributed by atoms with Crippen LogP contribution in [0.25, 0.3) is 0 Å². The van der Waals surface area contributed by atoms with Crippen LogP contribution in [0.1, 0.15) is 50.4 Å². The van der Waals surface area contributed by atoms with E-state index in [1.54, 1.807) is 12.1 Å². The van der Waals surface area contributed by atoms with Crippen LogP contribution in [0, 0.1) is 16.7 Å². The van der Waals surface area contributed by atoms with Crippen LogP contribution in [0.15, 0.2) is 29.2 Å². The number of carbonyl (C=O) groups excluding carboxylic acids is 1. The summed E-state index contributed by atoms with van der Waals surface area (Å²) in [6, 6.07) is 6.20. The molecule has 7 heteroatoms. The van der Waals surface area contributed by atoms with Gasteiger partial charge in [0.25, 0.3) is 15.9 Å². The maximum absolute atomic E-state index is 12.8. The lowest BCUT2D eigenvalue weighted by Crippen LogP contribution is -2.46. The molecule has 0 radical (unpaired) electrons. The van der Waals surface area contributed by atoms with E-state index in [2.05, 4.69) is 26.1 Å². The molecule has 0 aromatic heterocycles. The lowest BCUT2D eigenvalue weighted by atomic mass is 9.69. The van der Waals surface area contributed by atoms with Gasteiger partial charge in [-0.1, -0.05) is 31.3 Å². The van der Waals surface area contributed by atoms with E-state index in [4.69, 9.17) is 4.84 Å². The third kappa shape index (κ3) is 2.77. The van der Waals surface area contributed by atoms with Crippen LogP contribution in [-0.2, 0) is 14.9 Å². The zero-order valence-corrected chi connectivity index (χ0v) is 16.9. The highest BCUT2D eigenvalue weighted by atomic mass is 32.2. The monoisotopic (exact) mass is 380 g/mol. The van der Waals surface area contributed by atoms with Crippen molar-refractivity contribution in [1.82, 2.24) is 9.79 Å². The first-order valence-corrected chi connectivity index (χ1v) is 10.4. The van der Waals surface area contributed by atoms with Crippen molar-refractivity contribution in [2.24, 2.45) is 16.7 Å². The Morgan fingerprint density at radius 2 is 2.00 bits per heavy atom. The molecule has 1 aromatic rings. The maximum atomic E-state index is 12.8. The van der Waals surface area contributed by atoms with Crippen LogP contribution in [0.5, 0.6) is 0 Å². The van der Waals surface area contributed by atoms with Crippen LogP contribution in [-0.4, -0.2) is 39.0 Å². The molecule has 2 bridgehead atoms. The summed E-state index contributed by atoms with van der Waals surface area (Å²) in [5.74, 6) is 0.400. The van der Waals surface area contributed by atoms with E-state index in [1.807, 2.05) is 0 Å². The van der Waals surface area contributed by atoms with Gasteiger partial charge in [-0.15, -0.1) is 0 Å². The van der Waals surface area contributed by atoms with E-state index in [-0.39, 0.29) is 27.7 Å². The minimum atomic E-state index is -3.78. The van der Waals surface area contributed by atoms with Crippen molar-refractivity contribution in [1.29, 1.82) is 0 Å². The second-order valence-corrected chi connectivity index (χ2v) is 10.2. The highest BCUT2D eigenvalue weighted by Crippen LogP contribution is 2.65. The summed E-state index contributed by atoms with van der Waals surface area (Å²) in [7, 11) is -1.18. The third-order valence-corrected chi connectivity index (χ3v) is 8.76. The molecule has 2 fully saturated rings. The number of hydroxylamine groups is 1. The van der Waals surface area contributed by atoms with Crippen molar-refractivity contribution in [3.05, 3.63) is 29.8 Å². The molecule has 0 heterocycles. The van der Waals surface area contributed by atoms with Gasteiger partial charge in [-0.25, -0.2) is 8.42 Å². The van der Waals surface area contributed by atoms with Gasteiger partial charge in [-0.05, 0) is 54.2 Å². The Balaban J connectivity index is 1.81. The first kappa shape index (κ1) is 19.3. The molecule has 2 saturated carbocycles. The van der Waals surface area contributed by atoms with Gasteiger partial charge in [0.1, 0.15) is 0 Å². The van der Waals surface area contributed by atoms with Crippen LogP contribution >= 0.6 is 0 Å². The minimum Gasteiger partial charge on any atom is -0.349 e. The summed E-state index contributed by atoms with van der Waals surface area (Å²) in [5, 5.41) is 3.17. The highest BCUT2D eigenvalue weighted by molar-refractivity contribution is 7.89. The first-order valence-electron chi connectivity index (χ1n) is 8.98. The molecule has 2 aliphatic carbocycles. The highest BCUT2D eigenvalue weighted by Gasteiger charge is 2.61. The molecule has 3 unspecified atom stereocenters. The minimum absolute atomic E-state index is 0.0361. The average molecular weight is 381 g/mol. The number of rotatable bonds is 5. The molecule has 144 valence electrons. The summed E-state index contributed by atoms with van der Waals surface area (Å²) < 4.78 is 25.6. The standard InChI is InChI=1S/C19H28N2O4S/c1-18(2)14-9-10-19(18,3)16(12-14)20-17(22)13-7-6-8-15(11-13)26(23,24)21(4)25-5/h6-8,11,14,16H,9-10,12H2,1-5H3,(H,20,22). The molecule has 1 aromatic carbocycles. The largest absolute Gasteiger partial charge is 0.349 e. The fourth-order valence-corrected chi connectivity index (χ4v) is 5.73. The Morgan fingerprint density at radius 1 is 1.31 bits per heavy atom. The summed E-state index contributed by atoms with van der Waals surface area (Å²) >= 11 is 0. The Bertz CT molecular complexity index is 821. The second-order valence-electron chi connectivity index (χ2n) is 8.26. The lowest BCUT2D eigenvalue weighted by Gasteiger charge is -2.39. The summed E-state index contributed by atoms with van der Waals surface area (Å²) in [4.78, 5) is 17.6. The number of nitrogens with zero attached hydrogens (tertiary/aromatic N) is 1. The average Bonchev–Trinajstić information content (AvgIpc) is 2.94. The zero-order valence-electron chi connectivity index (χ0n) is 16.1. The van der Waals surface area contributed by atoms with Crippen LogP contribution in [0.3, 0.4) is 0 Å². The summed E-state index contributed by atoms with van der Waals surface area (Å²) in [5.41, 5.74) is 0.629. The van der Waals surface area contributed by atoms with Crippen molar-refractivity contribution >= 4 is 15.9 Å². The Hall–Kier alpha value is -1.44. The van der Waals surface area contributed by atoms with Gasteiger partial charge in [0.15, 0.2) is 0 Å². The van der Waals surface area contributed by atoms with Gasteiger partial charge < -0.3 is 5.32 Å². The fraction of sp³-hybridized carbons (Fsp3) is 0.632. The number of sulfonamides is 1. The molecule has 26 heavy (non-hydrogen) atoms. The number of hydrogen-bond acceptors (Lipinski definition) is 4. The Labute approximate surface area is 155 Å². The molecule has 1 N–H and O–H groups in total. The number of nitrogens with one attached hydrogen (secondary N) is 1. The van der Waals surface area contributed by atoms with Crippen LogP contribution < -0.4 is 5.32 Å². The molecule has 0 aliphatic heterocycles. The predicted octanol–water partition coefficient (Wildman–Crippen LogP) is 2.81. The number of hydrogen-bond donors (Lipinski definition) is 1. The second kappa shape index (κ2) is 6.32. The molecule has 0 saturated heterocycles. The number of amides is 1. The Kier molecular flexibility index (Phi) is 4.70. The normalized spacial score (nSPS) is 29.9. The molecule has 2 aliphatic rings. The number of fused-ring (bicyclic) bond motifs is 2. The van der Waals surface area contributed by atoms with E-state index in [0.717, 1.165) is 17.3 Å². The van der Waals surface area contributed by atoms with Gasteiger partial charge in [0.05, 0.1) is 12.0 Å². The molecular formula is C19H28N2O4S. The molecule has 1 amide bonds. The van der Waals surface area contributed by atoms with Crippen molar-refractivity contribution in [2.75, 3.05) is 14.2 Å². The predicted molar refractivity (Wildman–Crippen MR) is 98.9 cm³/mol. The van der Waals surface area contributed by atoms with Gasteiger partial charge in [-0.3, -0.25) is 9.63 Å². The van der Waals surface area contributed by atoms with Crippen LogP contribution in [0.4, 0.5) is 0 Å². The molecule has 6 nitrogen and oxygen atoms in total. The smallest absolute Gasteiger partial charge is 0.264 e. The van der Waals surface area contributed by atoms with E-state index in [9.17, 15) is 13.2 Å². The van der Waals surface area contributed by atoms with E-state index in [0.29, 0.717) is 11.5 Å². The van der Waals surface area contributed by atoms with Gasteiger partial charge in [-0.2, -0.15) is 0 Å². The van der Waals surface area contributed by atoms with Gasteiger partial charge in [0.2, 0.25) is 0 Å². The lowest BCUT2D eigenvalue weighted by molar-refractivity contribution is -0.0258. The topological polar surface area (TPSA) is 75.7 Å². The number of carbonyl (C=O) groups is 1. The maximum Gasteiger partial charge on any atom is 0.264 e. The molecule has 3 rings (SSSR count). The van der Waals surface area contributed by atoms with E-state index < -0.39 is 10.0 Å². The van der Waals surface area contributed by atoms with Crippen LogP contribution in [0.2, 0.25) is 0 Å². The van der Waals surface area contributed by atoms with E-state index >= 15 is 0 Å². The van der Waals surface area contributed by atoms with Gasteiger partial charge >= 0.3 is 0 Å². The van der Waals surface area contributed by atoms with Crippen molar-refractivity contribution in [3.63, 3.8) is 0 Å². The Morgan fingerprint density at radius 3 is 2.54 bits per heavy atom. The fourth-order valence-electron chi connectivity index (χ4n) is 4.71. The van der Waals surface area contributed by atoms with Crippen molar-refractivity contribution < 1.29 is 18.0 Å². The van der Waals surface area contributed by atoms with Crippen molar-refractivity contribution in [2.45, 2.75) is 51.0 Å².